The molecule has 0 radical (unpaired) electrons. The van der Waals surface area contributed by atoms with Gasteiger partial charge in [-0.05, 0) is 66.0 Å². The van der Waals surface area contributed by atoms with Crippen molar-refractivity contribution in [3.63, 3.8) is 0 Å². The first-order valence-electron chi connectivity index (χ1n) is 7.74. The maximum atomic E-state index is 10.6. The zero-order valence-electron chi connectivity index (χ0n) is 12.2. The highest BCUT2D eigenvalue weighted by molar-refractivity contribution is 14.1. The Bertz CT molecular complexity index is 384. The highest BCUT2D eigenvalue weighted by Crippen LogP contribution is 2.30. The van der Waals surface area contributed by atoms with Crippen molar-refractivity contribution in [1.82, 2.24) is 0 Å². The van der Waals surface area contributed by atoms with Gasteiger partial charge in [-0.25, -0.2) is 0 Å². The van der Waals surface area contributed by atoms with Crippen LogP contribution in [0.4, 0.5) is 0 Å². The van der Waals surface area contributed by atoms with Crippen LogP contribution < -0.4 is 0 Å². The van der Waals surface area contributed by atoms with E-state index in [0.29, 0.717) is 18.9 Å². The Labute approximate surface area is 136 Å². The van der Waals surface area contributed by atoms with E-state index < -0.39 is 6.10 Å². The minimum atomic E-state index is -0.391. The SMILES string of the molecule is CCOC(C(O)Cc1ccc(I)cc1)C1CCCCC1. The number of aliphatic hydroxyl groups is 1. The Morgan fingerprint density at radius 1 is 1.20 bits per heavy atom. The summed E-state index contributed by atoms with van der Waals surface area (Å²) in [6, 6.07) is 8.40. The second kappa shape index (κ2) is 8.35. The van der Waals surface area contributed by atoms with E-state index in [9.17, 15) is 5.11 Å². The Kier molecular flexibility index (Phi) is 6.78. The van der Waals surface area contributed by atoms with Crippen LogP contribution in [0.25, 0.3) is 0 Å². The van der Waals surface area contributed by atoms with Gasteiger partial charge in [0.1, 0.15) is 0 Å². The topological polar surface area (TPSA) is 29.5 Å². The molecule has 1 aliphatic rings. The molecule has 3 heteroatoms. The normalized spacial score (nSPS) is 19.8. The lowest BCUT2D eigenvalue weighted by molar-refractivity contribution is -0.0715. The molecule has 1 aromatic carbocycles. The lowest BCUT2D eigenvalue weighted by atomic mass is 9.82. The summed E-state index contributed by atoms with van der Waals surface area (Å²) in [6.07, 6.45) is 6.61. The fourth-order valence-corrected chi connectivity index (χ4v) is 3.55. The van der Waals surface area contributed by atoms with Gasteiger partial charge in [0.15, 0.2) is 0 Å². The third kappa shape index (κ3) is 4.71. The van der Waals surface area contributed by atoms with Crippen molar-refractivity contribution >= 4 is 22.6 Å². The summed E-state index contributed by atoms with van der Waals surface area (Å²) in [5, 5.41) is 10.6. The fourth-order valence-electron chi connectivity index (χ4n) is 3.19. The van der Waals surface area contributed by atoms with Gasteiger partial charge in [0, 0.05) is 16.6 Å². The molecular formula is C17H25IO2. The van der Waals surface area contributed by atoms with Gasteiger partial charge in [-0.3, -0.25) is 0 Å². The first-order chi connectivity index (χ1) is 9.70. The van der Waals surface area contributed by atoms with E-state index in [1.165, 1.54) is 41.2 Å². The minimum Gasteiger partial charge on any atom is -0.390 e. The minimum absolute atomic E-state index is 0.000391. The first-order valence-corrected chi connectivity index (χ1v) is 8.82. The molecule has 0 aliphatic heterocycles. The number of halogens is 1. The molecule has 2 nitrogen and oxygen atoms in total. The standard InChI is InChI=1S/C17H25IO2/c1-2-20-17(14-6-4-3-5-7-14)16(19)12-13-8-10-15(18)11-9-13/h8-11,14,16-17,19H,2-7,12H2,1H3. The van der Waals surface area contributed by atoms with Crippen molar-refractivity contribution in [3.05, 3.63) is 33.4 Å². The fraction of sp³-hybridized carbons (Fsp3) is 0.647. The Balaban J connectivity index is 1.98. The average molecular weight is 388 g/mol. The molecule has 2 atom stereocenters. The van der Waals surface area contributed by atoms with E-state index in [0.717, 1.165) is 0 Å². The molecule has 20 heavy (non-hydrogen) atoms. The third-order valence-corrected chi connectivity index (χ3v) is 4.93. The summed E-state index contributed by atoms with van der Waals surface area (Å²) in [5.74, 6) is 0.530. The van der Waals surface area contributed by atoms with Gasteiger partial charge >= 0.3 is 0 Å². The lowest BCUT2D eigenvalue weighted by Gasteiger charge is -2.33. The molecule has 112 valence electrons. The summed E-state index contributed by atoms with van der Waals surface area (Å²) in [6.45, 7) is 2.71. The van der Waals surface area contributed by atoms with Gasteiger partial charge in [-0.1, -0.05) is 31.4 Å². The molecular weight excluding hydrogens is 363 g/mol. The Morgan fingerprint density at radius 2 is 1.85 bits per heavy atom. The van der Waals surface area contributed by atoms with Crippen LogP contribution in [-0.2, 0) is 11.2 Å². The van der Waals surface area contributed by atoms with Crippen LogP contribution in [0.1, 0.15) is 44.6 Å². The third-order valence-electron chi connectivity index (χ3n) is 4.21. The molecule has 1 aliphatic carbocycles. The number of aliphatic hydroxyl groups excluding tert-OH is 1. The second-order valence-corrected chi connectivity index (χ2v) is 6.96. The number of benzene rings is 1. The van der Waals surface area contributed by atoms with Crippen LogP contribution in [0.3, 0.4) is 0 Å². The molecule has 0 saturated heterocycles. The maximum absolute atomic E-state index is 10.6. The maximum Gasteiger partial charge on any atom is 0.0865 e. The summed E-state index contributed by atoms with van der Waals surface area (Å²) < 4.78 is 7.12. The van der Waals surface area contributed by atoms with E-state index >= 15 is 0 Å². The predicted molar refractivity (Wildman–Crippen MR) is 90.9 cm³/mol. The number of hydrogen-bond donors (Lipinski definition) is 1. The zero-order valence-corrected chi connectivity index (χ0v) is 14.4. The largest absolute Gasteiger partial charge is 0.390 e. The molecule has 0 aromatic heterocycles. The number of ether oxygens (including phenoxy) is 1. The summed E-state index contributed by atoms with van der Waals surface area (Å²) in [7, 11) is 0. The smallest absolute Gasteiger partial charge is 0.0865 e. The quantitative estimate of drug-likeness (QED) is 0.741. The first kappa shape index (κ1) is 16.2. The molecule has 2 unspecified atom stereocenters. The van der Waals surface area contributed by atoms with Gasteiger partial charge in [-0.15, -0.1) is 0 Å². The van der Waals surface area contributed by atoms with E-state index in [2.05, 4.69) is 46.9 Å². The molecule has 2 rings (SSSR count). The van der Waals surface area contributed by atoms with E-state index in [-0.39, 0.29) is 6.10 Å². The van der Waals surface area contributed by atoms with Crippen molar-refractivity contribution in [2.24, 2.45) is 5.92 Å². The van der Waals surface area contributed by atoms with Crippen molar-refractivity contribution in [2.75, 3.05) is 6.61 Å². The van der Waals surface area contributed by atoms with Gasteiger partial charge in [0.25, 0.3) is 0 Å². The van der Waals surface area contributed by atoms with Gasteiger partial charge in [-0.2, -0.15) is 0 Å². The summed E-state index contributed by atoms with van der Waals surface area (Å²) in [5.41, 5.74) is 1.19. The summed E-state index contributed by atoms with van der Waals surface area (Å²) in [4.78, 5) is 0. The van der Waals surface area contributed by atoms with E-state index in [4.69, 9.17) is 4.74 Å². The Hall–Kier alpha value is -0.130. The zero-order chi connectivity index (χ0) is 14.4. The number of hydrogen-bond acceptors (Lipinski definition) is 2. The van der Waals surface area contributed by atoms with Gasteiger partial charge < -0.3 is 9.84 Å². The van der Waals surface area contributed by atoms with Crippen LogP contribution in [0.15, 0.2) is 24.3 Å². The van der Waals surface area contributed by atoms with Crippen molar-refractivity contribution in [1.29, 1.82) is 0 Å². The van der Waals surface area contributed by atoms with Crippen molar-refractivity contribution in [3.8, 4) is 0 Å². The predicted octanol–water partition coefficient (Wildman–Crippen LogP) is 4.18. The average Bonchev–Trinajstić information content (AvgIpc) is 2.48. The van der Waals surface area contributed by atoms with Crippen molar-refractivity contribution in [2.45, 2.75) is 57.7 Å². The lowest BCUT2D eigenvalue weighted by Crippen LogP contribution is -2.38. The highest BCUT2D eigenvalue weighted by atomic mass is 127. The van der Waals surface area contributed by atoms with Crippen molar-refractivity contribution < 1.29 is 9.84 Å². The highest BCUT2D eigenvalue weighted by Gasteiger charge is 2.30. The van der Waals surface area contributed by atoms with Crippen LogP contribution in [-0.4, -0.2) is 23.9 Å². The molecule has 1 aromatic rings. The molecule has 0 bridgehead atoms. The van der Waals surface area contributed by atoms with Gasteiger partial charge in [0.2, 0.25) is 0 Å². The second-order valence-electron chi connectivity index (χ2n) is 5.72. The molecule has 0 amide bonds. The van der Waals surface area contributed by atoms with Crippen LogP contribution in [0, 0.1) is 9.49 Å². The summed E-state index contributed by atoms with van der Waals surface area (Å²) >= 11 is 2.30. The van der Waals surface area contributed by atoms with E-state index in [1.54, 1.807) is 0 Å². The van der Waals surface area contributed by atoms with Crippen LogP contribution in [0.5, 0.6) is 0 Å². The molecule has 1 N–H and O–H groups in total. The molecule has 1 saturated carbocycles. The molecule has 0 heterocycles. The Morgan fingerprint density at radius 3 is 2.45 bits per heavy atom. The van der Waals surface area contributed by atoms with Crippen LogP contribution >= 0.6 is 22.6 Å². The molecule has 0 spiro atoms. The number of rotatable bonds is 6. The monoisotopic (exact) mass is 388 g/mol. The van der Waals surface area contributed by atoms with Gasteiger partial charge in [0.05, 0.1) is 12.2 Å². The van der Waals surface area contributed by atoms with E-state index in [1.807, 2.05) is 6.92 Å². The molecule has 1 fully saturated rings. The van der Waals surface area contributed by atoms with Crippen LogP contribution in [0.2, 0.25) is 0 Å².